The molecule has 17 heteroatoms. The number of nitrogens with one attached hydrogen (secondary N) is 1. The van der Waals surface area contributed by atoms with Crippen LogP contribution < -0.4 is 22.2 Å². The molecule has 0 aliphatic rings. The first-order valence-electron chi connectivity index (χ1n) is 17.2. The molecule has 0 aliphatic carbocycles. The van der Waals surface area contributed by atoms with Crippen molar-refractivity contribution >= 4 is 29.5 Å². The number of hydrogen-bond donors (Lipinski definition) is 2. The van der Waals surface area contributed by atoms with Gasteiger partial charge >= 0.3 is 23.6 Å². The number of nitrogens with zero attached hydrogens (tertiary/aromatic N) is 2. The first-order valence-corrected chi connectivity index (χ1v) is 21.1. The van der Waals surface area contributed by atoms with Gasteiger partial charge in [-0.1, -0.05) is 12.1 Å². The number of esters is 1. The third-order valence-corrected chi connectivity index (χ3v) is 12.8. The van der Waals surface area contributed by atoms with E-state index >= 15 is 0 Å². The molecule has 2 aromatic heterocycles. The summed E-state index contributed by atoms with van der Waals surface area (Å²) in [7, 11) is -3.77. The highest BCUT2D eigenvalue weighted by Gasteiger charge is 2.40. The molecule has 0 saturated carbocycles. The molecule has 0 bridgehead atoms. The molecule has 0 aliphatic heterocycles. The van der Waals surface area contributed by atoms with E-state index in [1.54, 1.807) is 36.7 Å². The van der Waals surface area contributed by atoms with E-state index in [2.05, 4.69) is 10.1 Å². The smallest absolute Gasteiger partial charge is 0.468 e. The standard InChI is InChI=1S/C16H28N2O5Si.C9H23NO3Si.C8H9NO3/c1-4-21-24(22-5-2,23-6-3)13-9-11-17-15(19)14-18-12-8-7-10-16(18)20;1-4-11-14(12-5-2,13-6-3)9-7-8-10;1-12-8(11)6-9-5-3-2-4-7(9)10/h7-8,10,12H,4-6,9,11,13-14H2,1-3H3,(H,17,19);4-10H2,1-3H3;2-5H,6H2,1H3. The van der Waals surface area contributed by atoms with Gasteiger partial charge in [-0.05, 0) is 73.1 Å². The monoisotopic (exact) mass is 744 g/mol. The van der Waals surface area contributed by atoms with Gasteiger partial charge in [-0.15, -0.1) is 0 Å². The molecule has 286 valence electrons. The first-order chi connectivity index (χ1) is 24.0. The van der Waals surface area contributed by atoms with Gasteiger partial charge < -0.3 is 51.5 Å². The van der Waals surface area contributed by atoms with Crippen LogP contribution in [0.15, 0.2) is 58.4 Å². The highest BCUT2D eigenvalue weighted by Crippen LogP contribution is 2.18. The molecule has 0 spiro atoms. The Hall–Kier alpha value is -3.01. The Labute approximate surface area is 299 Å². The van der Waals surface area contributed by atoms with E-state index in [4.69, 9.17) is 32.3 Å². The normalized spacial score (nSPS) is 11.1. The molecule has 0 atom stereocenters. The van der Waals surface area contributed by atoms with E-state index in [0.29, 0.717) is 65.2 Å². The van der Waals surface area contributed by atoms with Crippen LogP contribution in [0.4, 0.5) is 0 Å². The Morgan fingerprint density at radius 2 is 1.06 bits per heavy atom. The van der Waals surface area contributed by atoms with Gasteiger partial charge in [-0.3, -0.25) is 19.2 Å². The Balaban J connectivity index is 0.000000784. The summed E-state index contributed by atoms with van der Waals surface area (Å²) >= 11 is 0. The fourth-order valence-corrected chi connectivity index (χ4v) is 9.70. The van der Waals surface area contributed by atoms with E-state index in [1.165, 1.54) is 28.4 Å². The van der Waals surface area contributed by atoms with Crippen LogP contribution in [0.25, 0.3) is 0 Å². The molecule has 2 heterocycles. The summed E-state index contributed by atoms with van der Waals surface area (Å²) in [5.74, 6) is -0.622. The van der Waals surface area contributed by atoms with Gasteiger partial charge in [0.2, 0.25) is 5.91 Å². The van der Waals surface area contributed by atoms with E-state index in [0.717, 1.165) is 12.5 Å². The number of aromatic nitrogens is 2. The number of pyridine rings is 2. The maximum Gasteiger partial charge on any atom is 0.500 e. The molecule has 0 unspecified atom stereocenters. The molecule has 0 radical (unpaired) electrons. The maximum absolute atomic E-state index is 11.9. The van der Waals surface area contributed by atoms with Crippen LogP contribution >= 0.6 is 0 Å². The number of amides is 1. The molecular formula is C33H60N4O11Si2. The SMILES string of the molecule is CCO[Si](CCCN)(OCC)OCC.CCO[Si](CCCNC(=O)Cn1ccccc1=O)(OCC)OCC.COC(=O)Cn1ccccc1=O. The van der Waals surface area contributed by atoms with Crippen LogP contribution in [0.3, 0.4) is 0 Å². The summed E-state index contributed by atoms with van der Waals surface area (Å²) in [6.07, 6.45) is 4.73. The van der Waals surface area contributed by atoms with Crippen molar-refractivity contribution in [1.82, 2.24) is 14.5 Å². The van der Waals surface area contributed by atoms with Gasteiger partial charge in [0.05, 0.1) is 7.11 Å². The summed E-state index contributed by atoms with van der Waals surface area (Å²) in [4.78, 5) is 45.3. The Morgan fingerprint density at radius 3 is 1.42 bits per heavy atom. The van der Waals surface area contributed by atoms with Crippen LogP contribution in [0, 0.1) is 0 Å². The van der Waals surface area contributed by atoms with Gasteiger partial charge in [0.15, 0.2) is 0 Å². The van der Waals surface area contributed by atoms with Crippen LogP contribution in [-0.2, 0) is 54.0 Å². The molecule has 2 rings (SSSR count). The van der Waals surface area contributed by atoms with Crippen molar-refractivity contribution in [2.24, 2.45) is 5.73 Å². The minimum absolute atomic E-state index is 0.0185. The minimum atomic E-state index is -2.66. The van der Waals surface area contributed by atoms with Crippen LogP contribution in [0.2, 0.25) is 12.1 Å². The average molecular weight is 745 g/mol. The predicted molar refractivity (Wildman–Crippen MR) is 196 cm³/mol. The third-order valence-electron chi connectivity index (χ3n) is 6.49. The predicted octanol–water partition coefficient (Wildman–Crippen LogP) is 2.81. The first kappa shape index (κ1) is 47.0. The fraction of sp³-hybridized carbons (Fsp3) is 0.636. The number of ether oxygens (including phenoxy) is 1. The van der Waals surface area contributed by atoms with Gasteiger partial charge in [-0.25, -0.2) is 0 Å². The minimum Gasteiger partial charge on any atom is -0.468 e. The molecule has 0 saturated heterocycles. The largest absolute Gasteiger partial charge is 0.500 e. The summed E-state index contributed by atoms with van der Waals surface area (Å²) in [6.45, 7) is 16.3. The molecule has 3 N–H and O–H groups in total. The lowest BCUT2D eigenvalue weighted by molar-refractivity contribution is -0.141. The second-order valence-corrected chi connectivity index (χ2v) is 15.7. The van der Waals surface area contributed by atoms with Crippen molar-refractivity contribution in [2.75, 3.05) is 59.8 Å². The van der Waals surface area contributed by atoms with Gasteiger partial charge in [-0.2, -0.15) is 0 Å². The molecule has 0 aromatic carbocycles. The zero-order valence-corrected chi connectivity index (χ0v) is 33.0. The van der Waals surface area contributed by atoms with E-state index < -0.39 is 23.6 Å². The molecule has 0 fully saturated rings. The van der Waals surface area contributed by atoms with Gasteiger partial charge in [0.1, 0.15) is 13.1 Å². The van der Waals surface area contributed by atoms with Crippen LogP contribution in [0.5, 0.6) is 0 Å². The second-order valence-electron chi connectivity index (χ2n) is 10.2. The van der Waals surface area contributed by atoms with Crippen molar-refractivity contribution in [3.63, 3.8) is 0 Å². The lowest BCUT2D eigenvalue weighted by Crippen LogP contribution is -2.46. The van der Waals surface area contributed by atoms with Crippen molar-refractivity contribution < 1.29 is 40.9 Å². The average Bonchev–Trinajstić information content (AvgIpc) is 3.09. The lowest BCUT2D eigenvalue weighted by atomic mass is 10.4. The number of rotatable bonds is 23. The van der Waals surface area contributed by atoms with Crippen LogP contribution in [-0.4, -0.2) is 98.5 Å². The second kappa shape index (κ2) is 28.7. The number of carbonyl (C=O) groups excluding carboxylic acids is 2. The molecule has 2 aromatic rings. The van der Waals surface area contributed by atoms with Crippen molar-refractivity contribution in [1.29, 1.82) is 0 Å². The van der Waals surface area contributed by atoms with Gasteiger partial charge in [0.25, 0.3) is 11.1 Å². The third kappa shape index (κ3) is 20.0. The number of methoxy groups -OCH3 is 1. The summed E-state index contributed by atoms with van der Waals surface area (Å²) in [5.41, 5.74) is 5.08. The van der Waals surface area contributed by atoms with E-state index in [-0.39, 0.29) is 30.1 Å². The lowest BCUT2D eigenvalue weighted by Gasteiger charge is -2.28. The zero-order chi connectivity index (χ0) is 37.7. The summed E-state index contributed by atoms with van der Waals surface area (Å²) < 4.78 is 41.3. The van der Waals surface area contributed by atoms with Crippen molar-refractivity contribution in [3.8, 4) is 0 Å². The van der Waals surface area contributed by atoms with Crippen molar-refractivity contribution in [3.05, 3.63) is 69.5 Å². The van der Waals surface area contributed by atoms with E-state index in [1.807, 2.05) is 41.5 Å². The van der Waals surface area contributed by atoms with Gasteiger partial charge in [0, 0.05) is 82.8 Å². The van der Waals surface area contributed by atoms with Crippen LogP contribution in [0.1, 0.15) is 54.4 Å². The Morgan fingerprint density at radius 1 is 0.660 bits per heavy atom. The van der Waals surface area contributed by atoms with E-state index in [9.17, 15) is 19.2 Å². The topological polar surface area (TPSA) is 181 Å². The summed E-state index contributed by atoms with van der Waals surface area (Å²) in [5, 5.41) is 2.81. The number of hydrogen-bond acceptors (Lipinski definition) is 12. The maximum atomic E-state index is 11.9. The summed E-state index contributed by atoms with van der Waals surface area (Å²) in [6, 6.07) is 11.0. The zero-order valence-electron chi connectivity index (χ0n) is 31.0. The molecule has 50 heavy (non-hydrogen) atoms. The Kier molecular flexibility index (Phi) is 26.9. The Bertz CT molecular complexity index is 1260. The molecule has 15 nitrogen and oxygen atoms in total. The van der Waals surface area contributed by atoms with Crippen molar-refractivity contribution in [2.45, 2.75) is 79.6 Å². The quantitative estimate of drug-likeness (QED) is 0.0967. The molecular weight excluding hydrogens is 685 g/mol. The highest BCUT2D eigenvalue weighted by atomic mass is 28.4. The molecule has 1 amide bonds. The fourth-order valence-electron chi connectivity index (χ4n) is 4.45. The highest BCUT2D eigenvalue weighted by molar-refractivity contribution is 6.61. The number of nitrogens with two attached hydrogens (primary N) is 1. The number of carbonyl (C=O) groups is 2.